The number of carbonyl (C=O) groups excluding carboxylic acids is 2. The van der Waals surface area contributed by atoms with Crippen LogP contribution in [0, 0.1) is 5.82 Å². The fourth-order valence-electron chi connectivity index (χ4n) is 2.43. The predicted molar refractivity (Wildman–Crippen MR) is 92.6 cm³/mol. The molecule has 2 rings (SSSR count). The van der Waals surface area contributed by atoms with E-state index in [0.29, 0.717) is 12.0 Å². The van der Waals surface area contributed by atoms with Gasteiger partial charge in [0.2, 0.25) is 5.91 Å². The van der Waals surface area contributed by atoms with Crippen molar-refractivity contribution in [1.29, 1.82) is 0 Å². The van der Waals surface area contributed by atoms with Crippen molar-refractivity contribution in [2.45, 2.75) is 38.3 Å². The number of amides is 2. The van der Waals surface area contributed by atoms with Gasteiger partial charge in [0.05, 0.1) is 6.54 Å². The number of hydrogen-bond donors (Lipinski definition) is 2. The quantitative estimate of drug-likeness (QED) is 0.690. The van der Waals surface area contributed by atoms with E-state index in [9.17, 15) is 23.9 Å². The molecule has 1 unspecified atom stereocenters. The molecule has 1 aliphatic rings. The molecule has 2 N–H and O–H groups in total. The highest BCUT2D eigenvalue weighted by Crippen LogP contribution is 2.14. The zero-order valence-corrected chi connectivity index (χ0v) is 14.2. The van der Waals surface area contributed by atoms with Gasteiger partial charge in [0.25, 0.3) is 5.91 Å². The minimum atomic E-state index is -1.14. The molecule has 0 radical (unpaired) electrons. The molecule has 0 bridgehead atoms. The zero-order chi connectivity index (χ0) is 19.1. The van der Waals surface area contributed by atoms with Crippen LogP contribution in [-0.4, -0.2) is 39.7 Å². The Balaban J connectivity index is 2.08. The van der Waals surface area contributed by atoms with Gasteiger partial charge in [-0.1, -0.05) is 18.2 Å². The van der Waals surface area contributed by atoms with Gasteiger partial charge in [-0.2, -0.15) is 5.10 Å². The number of rotatable bonds is 8. The number of carboxylic acids is 1. The van der Waals surface area contributed by atoms with Crippen LogP contribution in [0.4, 0.5) is 4.39 Å². The van der Waals surface area contributed by atoms with Gasteiger partial charge < -0.3 is 10.4 Å². The maximum Gasteiger partial charge on any atom is 0.326 e. The summed E-state index contributed by atoms with van der Waals surface area (Å²) in [6.45, 7) is 3.63. The summed E-state index contributed by atoms with van der Waals surface area (Å²) in [4.78, 5) is 35.5. The van der Waals surface area contributed by atoms with E-state index in [1.807, 2.05) is 0 Å². The minimum Gasteiger partial charge on any atom is -0.480 e. The largest absolute Gasteiger partial charge is 0.480 e. The molecule has 8 heteroatoms. The Morgan fingerprint density at radius 3 is 2.65 bits per heavy atom. The van der Waals surface area contributed by atoms with Crippen LogP contribution in [-0.2, 0) is 20.9 Å². The second-order valence-electron chi connectivity index (χ2n) is 5.85. The summed E-state index contributed by atoms with van der Waals surface area (Å²) in [7, 11) is 0. The standard InChI is InChI=1S/C18H20FN3O4/c1-2-3-4-15(18(25)26)20-17(24)14-9-10-16(23)22(21-14)11-12-5-7-13(19)8-6-12/h2,5-8,15H,1,3-4,9-11H2,(H,20,24)(H,25,26). The summed E-state index contributed by atoms with van der Waals surface area (Å²) in [6.07, 6.45) is 2.47. The molecule has 26 heavy (non-hydrogen) atoms. The molecule has 1 aromatic rings. The van der Waals surface area contributed by atoms with Crippen molar-refractivity contribution in [3.8, 4) is 0 Å². The third-order valence-corrected chi connectivity index (χ3v) is 3.88. The molecule has 1 aromatic carbocycles. The van der Waals surface area contributed by atoms with E-state index in [1.165, 1.54) is 24.3 Å². The summed E-state index contributed by atoms with van der Waals surface area (Å²) in [5, 5.41) is 16.8. The van der Waals surface area contributed by atoms with Gasteiger partial charge in [-0.3, -0.25) is 9.59 Å². The highest BCUT2D eigenvalue weighted by atomic mass is 19.1. The molecule has 1 heterocycles. The second kappa shape index (κ2) is 8.89. The Kier molecular flexibility index (Phi) is 6.60. The maximum atomic E-state index is 13.0. The van der Waals surface area contributed by atoms with E-state index in [2.05, 4.69) is 17.0 Å². The molecular weight excluding hydrogens is 341 g/mol. The number of carbonyl (C=O) groups is 3. The smallest absolute Gasteiger partial charge is 0.326 e. The van der Waals surface area contributed by atoms with Crippen LogP contribution in [0.2, 0.25) is 0 Å². The van der Waals surface area contributed by atoms with Crippen molar-refractivity contribution in [2.24, 2.45) is 5.10 Å². The summed E-state index contributed by atoms with van der Waals surface area (Å²) >= 11 is 0. The lowest BCUT2D eigenvalue weighted by molar-refractivity contribution is -0.141. The normalized spacial score (nSPS) is 15.2. The average molecular weight is 361 g/mol. The van der Waals surface area contributed by atoms with E-state index < -0.39 is 17.9 Å². The molecule has 0 saturated heterocycles. The number of hydrogen-bond acceptors (Lipinski definition) is 4. The third-order valence-electron chi connectivity index (χ3n) is 3.88. The molecule has 0 saturated carbocycles. The van der Waals surface area contributed by atoms with E-state index in [0.717, 1.165) is 5.01 Å². The second-order valence-corrected chi connectivity index (χ2v) is 5.85. The van der Waals surface area contributed by atoms with Gasteiger partial charge in [0.15, 0.2) is 0 Å². The van der Waals surface area contributed by atoms with Gasteiger partial charge in [0.1, 0.15) is 17.6 Å². The van der Waals surface area contributed by atoms with Crippen molar-refractivity contribution in [1.82, 2.24) is 10.3 Å². The number of nitrogens with zero attached hydrogens (tertiary/aromatic N) is 2. The molecule has 0 fully saturated rings. The lowest BCUT2D eigenvalue weighted by Crippen LogP contribution is -2.46. The summed E-state index contributed by atoms with van der Waals surface area (Å²) in [6, 6.07) is 4.56. The molecule has 0 aromatic heterocycles. The first-order chi connectivity index (χ1) is 12.4. The number of carboxylic acid groups (broad SMARTS) is 1. The average Bonchev–Trinajstić information content (AvgIpc) is 2.61. The van der Waals surface area contributed by atoms with Crippen molar-refractivity contribution < 1.29 is 23.9 Å². The van der Waals surface area contributed by atoms with E-state index in [-0.39, 0.29) is 43.2 Å². The predicted octanol–water partition coefficient (Wildman–Crippen LogP) is 1.84. The Morgan fingerprint density at radius 1 is 1.35 bits per heavy atom. The van der Waals surface area contributed by atoms with Crippen molar-refractivity contribution in [2.75, 3.05) is 0 Å². The van der Waals surface area contributed by atoms with Gasteiger partial charge >= 0.3 is 5.97 Å². The van der Waals surface area contributed by atoms with Crippen LogP contribution in [0.1, 0.15) is 31.2 Å². The van der Waals surface area contributed by atoms with Crippen molar-refractivity contribution >= 4 is 23.5 Å². The van der Waals surface area contributed by atoms with Crippen LogP contribution in [0.3, 0.4) is 0 Å². The first kappa shape index (κ1) is 19.3. The summed E-state index contributed by atoms with van der Waals surface area (Å²) < 4.78 is 13.0. The zero-order valence-electron chi connectivity index (χ0n) is 14.2. The number of benzene rings is 1. The Bertz CT molecular complexity index is 730. The lowest BCUT2D eigenvalue weighted by Gasteiger charge is -2.24. The van der Waals surface area contributed by atoms with Gasteiger partial charge in [0, 0.05) is 12.8 Å². The maximum absolute atomic E-state index is 13.0. The van der Waals surface area contributed by atoms with E-state index >= 15 is 0 Å². The third kappa shape index (κ3) is 5.23. The molecule has 7 nitrogen and oxygen atoms in total. The number of halogens is 1. The SMILES string of the molecule is C=CCCC(NC(=O)C1=NN(Cc2ccc(F)cc2)C(=O)CC1)C(=O)O. The lowest BCUT2D eigenvalue weighted by atomic mass is 10.1. The molecule has 1 aliphatic heterocycles. The molecule has 0 spiro atoms. The molecule has 0 aliphatic carbocycles. The van der Waals surface area contributed by atoms with Crippen molar-refractivity contribution in [3.05, 3.63) is 48.3 Å². The fraction of sp³-hybridized carbons (Fsp3) is 0.333. The molecule has 1 atom stereocenters. The first-order valence-electron chi connectivity index (χ1n) is 8.17. The molecule has 138 valence electrons. The Morgan fingerprint density at radius 2 is 2.04 bits per heavy atom. The summed E-state index contributed by atoms with van der Waals surface area (Å²) in [5.41, 5.74) is 0.760. The van der Waals surface area contributed by atoms with Gasteiger partial charge in [-0.05, 0) is 30.5 Å². The first-order valence-corrected chi connectivity index (χ1v) is 8.17. The van der Waals surface area contributed by atoms with Crippen LogP contribution in [0.15, 0.2) is 42.0 Å². The minimum absolute atomic E-state index is 0.0940. The van der Waals surface area contributed by atoms with E-state index in [4.69, 9.17) is 0 Å². The number of aliphatic carboxylic acids is 1. The monoisotopic (exact) mass is 361 g/mol. The number of nitrogens with one attached hydrogen (secondary N) is 1. The molecular formula is C18H20FN3O4. The number of allylic oxidation sites excluding steroid dienone is 1. The van der Waals surface area contributed by atoms with E-state index in [1.54, 1.807) is 6.08 Å². The summed E-state index contributed by atoms with van der Waals surface area (Å²) in [5.74, 6) is -2.40. The van der Waals surface area contributed by atoms with Crippen LogP contribution in [0.5, 0.6) is 0 Å². The van der Waals surface area contributed by atoms with Crippen LogP contribution in [0.25, 0.3) is 0 Å². The van der Waals surface area contributed by atoms with Gasteiger partial charge in [-0.15, -0.1) is 6.58 Å². The topological polar surface area (TPSA) is 99.1 Å². The highest BCUT2D eigenvalue weighted by Gasteiger charge is 2.27. The van der Waals surface area contributed by atoms with Crippen LogP contribution < -0.4 is 5.32 Å². The fourth-order valence-corrected chi connectivity index (χ4v) is 2.43. The highest BCUT2D eigenvalue weighted by molar-refractivity contribution is 6.39. The van der Waals surface area contributed by atoms with Crippen molar-refractivity contribution in [3.63, 3.8) is 0 Å². The molecule has 2 amide bonds. The Labute approximate surface area is 150 Å². The Hall–Kier alpha value is -3.03. The number of hydrazone groups is 1. The van der Waals surface area contributed by atoms with Crippen LogP contribution >= 0.6 is 0 Å². The van der Waals surface area contributed by atoms with Gasteiger partial charge in [-0.25, -0.2) is 14.2 Å².